The molecule has 2 rings (SSSR count). The smallest absolute Gasteiger partial charge is 0.0558 e. The molecule has 0 bridgehead atoms. The molecule has 3 heteroatoms. The lowest BCUT2D eigenvalue weighted by Crippen LogP contribution is -2.48. The molecule has 0 spiro atoms. The zero-order valence-electron chi connectivity index (χ0n) is 11.3. The van der Waals surface area contributed by atoms with Crippen LogP contribution in [0.15, 0.2) is 0 Å². The van der Waals surface area contributed by atoms with E-state index in [4.69, 9.17) is 5.11 Å². The van der Waals surface area contributed by atoms with Gasteiger partial charge in [0.1, 0.15) is 0 Å². The van der Waals surface area contributed by atoms with Crippen LogP contribution in [0.1, 0.15) is 38.5 Å². The summed E-state index contributed by atoms with van der Waals surface area (Å²) in [6, 6.07) is 0.664. The molecule has 2 fully saturated rings. The van der Waals surface area contributed by atoms with E-state index in [0.717, 1.165) is 12.5 Å². The molecule has 1 aliphatic heterocycles. The lowest BCUT2D eigenvalue weighted by atomic mass is 10.0. The van der Waals surface area contributed by atoms with Crippen molar-refractivity contribution in [1.82, 2.24) is 9.80 Å². The Hall–Kier alpha value is -0.120. The fraction of sp³-hybridized carbons (Fsp3) is 1.00. The number of aliphatic hydroxyl groups is 1. The van der Waals surface area contributed by atoms with Crippen molar-refractivity contribution in [2.75, 3.05) is 39.8 Å². The molecule has 1 aliphatic carbocycles. The minimum absolute atomic E-state index is 0.287. The Morgan fingerprint density at radius 2 is 1.94 bits per heavy atom. The number of hydrogen-bond donors (Lipinski definition) is 1. The van der Waals surface area contributed by atoms with Crippen molar-refractivity contribution in [3.8, 4) is 0 Å². The van der Waals surface area contributed by atoms with E-state index in [9.17, 15) is 0 Å². The number of likely N-dealkylation sites (tertiary alicyclic amines) is 1. The van der Waals surface area contributed by atoms with Crippen LogP contribution in [0.2, 0.25) is 0 Å². The van der Waals surface area contributed by atoms with Crippen molar-refractivity contribution >= 4 is 0 Å². The van der Waals surface area contributed by atoms with Gasteiger partial charge in [-0.2, -0.15) is 0 Å². The highest BCUT2D eigenvalue weighted by atomic mass is 16.3. The second kappa shape index (κ2) is 6.72. The summed E-state index contributed by atoms with van der Waals surface area (Å²) in [6.45, 7) is 4.94. The Kier molecular flexibility index (Phi) is 5.26. The molecular weight excluding hydrogens is 212 g/mol. The molecule has 0 aromatic heterocycles. The molecule has 0 aromatic carbocycles. The van der Waals surface area contributed by atoms with Gasteiger partial charge in [0.2, 0.25) is 0 Å². The first-order valence-corrected chi connectivity index (χ1v) is 7.33. The van der Waals surface area contributed by atoms with Crippen molar-refractivity contribution in [3.63, 3.8) is 0 Å². The summed E-state index contributed by atoms with van der Waals surface area (Å²) in [7, 11) is 2.15. The summed E-state index contributed by atoms with van der Waals surface area (Å²) in [5, 5.41) is 9.01. The molecule has 1 N–H and O–H groups in total. The van der Waals surface area contributed by atoms with Gasteiger partial charge in [0.05, 0.1) is 6.61 Å². The van der Waals surface area contributed by atoms with Gasteiger partial charge in [-0.1, -0.05) is 12.8 Å². The van der Waals surface area contributed by atoms with Crippen LogP contribution in [0.5, 0.6) is 0 Å². The van der Waals surface area contributed by atoms with E-state index >= 15 is 0 Å². The molecule has 17 heavy (non-hydrogen) atoms. The number of hydrogen-bond acceptors (Lipinski definition) is 3. The van der Waals surface area contributed by atoms with Crippen LogP contribution in [-0.2, 0) is 0 Å². The van der Waals surface area contributed by atoms with Crippen LogP contribution in [-0.4, -0.2) is 60.8 Å². The number of likely N-dealkylation sites (N-methyl/N-ethyl adjacent to an activating group) is 1. The lowest BCUT2D eigenvalue weighted by Gasteiger charge is -2.38. The molecule has 1 saturated heterocycles. The third-order valence-corrected chi connectivity index (χ3v) is 4.55. The van der Waals surface area contributed by atoms with Gasteiger partial charge in [-0.25, -0.2) is 0 Å². The van der Waals surface area contributed by atoms with Gasteiger partial charge in [-0.15, -0.1) is 0 Å². The molecule has 1 unspecified atom stereocenters. The first-order chi connectivity index (χ1) is 8.29. The first-order valence-electron chi connectivity index (χ1n) is 7.33. The van der Waals surface area contributed by atoms with Crippen molar-refractivity contribution in [2.45, 2.75) is 44.6 Å². The maximum atomic E-state index is 9.01. The van der Waals surface area contributed by atoms with E-state index in [0.29, 0.717) is 6.04 Å². The maximum absolute atomic E-state index is 9.01. The highest BCUT2D eigenvalue weighted by Gasteiger charge is 2.25. The first kappa shape index (κ1) is 13.3. The van der Waals surface area contributed by atoms with Crippen LogP contribution in [0, 0.1) is 5.92 Å². The fourth-order valence-electron chi connectivity index (χ4n) is 3.46. The molecule has 1 heterocycles. The van der Waals surface area contributed by atoms with Crippen LogP contribution in [0.3, 0.4) is 0 Å². The quantitative estimate of drug-likeness (QED) is 0.790. The average Bonchev–Trinajstić information content (AvgIpc) is 2.82. The summed E-state index contributed by atoms with van der Waals surface area (Å²) < 4.78 is 0. The van der Waals surface area contributed by atoms with Crippen molar-refractivity contribution in [1.29, 1.82) is 0 Å². The molecule has 0 radical (unpaired) electrons. The van der Waals surface area contributed by atoms with E-state index in [1.807, 2.05) is 0 Å². The lowest BCUT2D eigenvalue weighted by molar-refractivity contribution is 0.0917. The van der Waals surface area contributed by atoms with E-state index < -0.39 is 0 Å². The molecule has 1 atom stereocenters. The zero-order valence-corrected chi connectivity index (χ0v) is 11.3. The average molecular weight is 240 g/mol. The fourth-order valence-corrected chi connectivity index (χ4v) is 3.46. The SMILES string of the molecule is CN(CCO)C1CCCN(CC2CCCC2)C1. The Labute approximate surface area is 106 Å². The van der Waals surface area contributed by atoms with Gasteiger partial charge >= 0.3 is 0 Å². The molecule has 0 amide bonds. The van der Waals surface area contributed by atoms with Gasteiger partial charge in [0, 0.05) is 25.7 Å². The van der Waals surface area contributed by atoms with Gasteiger partial charge in [-0.3, -0.25) is 4.90 Å². The summed E-state index contributed by atoms with van der Waals surface area (Å²) in [5.41, 5.74) is 0. The van der Waals surface area contributed by atoms with Crippen molar-refractivity contribution in [3.05, 3.63) is 0 Å². The normalized spacial score (nSPS) is 28.1. The van der Waals surface area contributed by atoms with Crippen molar-refractivity contribution in [2.24, 2.45) is 5.92 Å². The standard InChI is InChI=1S/C14H28N2O/c1-15(9-10-17)14-7-4-8-16(12-14)11-13-5-2-3-6-13/h13-14,17H,2-12H2,1H3. The van der Waals surface area contributed by atoms with E-state index in [2.05, 4.69) is 16.8 Å². The van der Waals surface area contributed by atoms with Crippen LogP contribution in [0.4, 0.5) is 0 Å². The van der Waals surface area contributed by atoms with Gasteiger partial charge in [0.25, 0.3) is 0 Å². The van der Waals surface area contributed by atoms with Crippen LogP contribution >= 0.6 is 0 Å². The molecule has 2 aliphatic rings. The Bertz CT molecular complexity index is 216. The minimum Gasteiger partial charge on any atom is -0.395 e. The second-order valence-corrected chi connectivity index (χ2v) is 5.91. The van der Waals surface area contributed by atoms with Crippen LogP contribution < -0.4 is 0 Å². The monoisotopic (exact) mass is 240 g/mol. The van der Waals surface area contributed by atoms with Crippen molar-refractivity contribution < 1.29 is 5.11 Å². The summed E-state index contributed by atoms with van der Waals surface area (Å²) in [6.07, 6.45) is 8.44. The molecule has 3 nitrogen and oxygen atoms in total. The highest BCUT2D eigenvalue weighted by Crippen LogP contribution is 2.26. The predicted octanol–water partition coefficient (Wildman–Crippen LogP) is 1.57. The Balaban J connectivity index is 1.75. The molecule has 0 aromatic rings. The number of nitrogens with zero attached hydrogens (tertiary/aromatic N) is 2. The minimum atomic E-state index is 0.287. The van der Waals surface area contributed by atoms with E-state index in [1.165, 1.54) is 58.2 Å². The molecule has 1 saturated carbocycles. The Morgan fingerprint density at radius 1 is 1.18 bits per heavy atom. The van der Waals surface area contributed by atoms with Gasteiger partial charge < -0.3 is 10.0 Å². The summed E-state index contributed by atoms with van der Waals surface area (Å²) >= 11 is 0. The van der Waals surface area contributed by atoms with Gasteiger partial charge in [-0.05, 0) is 45.2 Å². The third kappa shape index (κ3) is 3.94. The summed E-state index contributed by atoms with van der Waals surface area (Å²) in [4.78, 5) is 5.00. The van der Waals surface area contributed by atoms with Gasteiger partial charge in [0.15, 0.2) is 0 Å². The molecular formula is C14H28N2O. The van der Waals surface area contributed by atoms with E-state index in [-0.39, 0.29) is 6.61 Å². The third-order valence-electron chi connectivity index (χ3n) is 4.55. The highest BCUT2D eigenvalue weighted by molar-refractivity contribution is 4.81. The number of piperidine rings is 1. The van der Waals surface area contributed by atoms with Crippen LogP contribution in [0.25, 0.3) is 0 Å². The zero-order chi connectivity index (χ0) is 12.1. The topological polar surface area (TPSA) is 26.7 Å². The van der Waals surface area contributed by atoms with E-state index in [1.54, 1.807) is 0 Å². The Morgan fingerprint density at radius 3 is 2.65 bits per heavy atom. The predicted molar refractivity (Wildman–Crippen MR) is 71.1 cm³/mol. The largest absolute Gasteiger partial charge is 0.395 e. The second-order valence-electron chi connectivity index (χ2n) is 5.91. The number of rotatable bonds is 5. The summed E-state index contributed by atoms with van der Waals surface area (Å²) in [5.74, 6) is 0.969. The maximum Gasteiger partial charge on any atom is 0.0558 e. The number of aliphatic hydroxyl groups excluding tert-OH is 1. The molecule has 100 valence electrons.